The van der Waals surface area contributed by atoms with Crippen molar-refractivity contribution in [1.29, 1.82) is 0 Å². The fraction of sp³-hybridized carbons (Fsp3) is 0.667. The Hall–Kier alpha value is -0.770. The van der Waals surface area contributed by atoms with E-state index in [0.29, 0.717) is 11.8 Å². The maximum absolute atomic E-state index is 12.1. The Kier molecular flexibility index (Phi) is 2.35. The number of carbonyl (C=O) groups is 2. The highest BCUT2D eigenvalue weighted by molar-refractivity contribution is 7.98. The van der Waals surface area contributed by atoms with Gasteiger partial charge in [0.1, 0.15) is 0 Å². The van der Waals surface area contributed by atoms with Gasteiger partial charge in [0.15, 0.2) is 0 Å². The molecule has 0 N–H and O–H groups in total. The third-order valence-electron chi connectivity index (χ3n) is 3.85. The minimum absolute atomic E-state index is 0.0353. The molecule has 1 saturated carbocycles. The van der Waals surface area contributed by atoms with Gasteiger partial charge in [0.25, 0.3) is 0 Å². The van der Waals surface area contributed by atoms with E-state index in [0.717, 1.165) is 18.6 Å². The van der Waals surface area contributed by atoms with Crippen molar-refractivity contribution in [3.05, 3.63) is 12.2 Å². The molecule has 0 aromatic heterocycles. The van der Waals surface area contributed by atoms with Crippen molar-refractivity contribution in [2.45, 2.75) is 19.8 Å². The minimum Gasteiger partial charge on any atom is -0.273 e. The highest BCUT2D eigenvalue weighted by Crippen LogP contribution is 2.53. The van der Waals surface area contributed by atoms with Crippen molar-refractivity contribution in [2.75, 3.05) is 5.75 Å². The van der Waals surface area contributed by atoms with E-state index >= 15 is 0 Å². The fourth-order valence-electron chi connectivity index (χ4n) is 3.18. The molecule has 16 heavy (non-hydrogen) atoms. The molecule has 1 heterocycles. The summed E-state index contributed by atoms with van der Waals surface area (Å²) in [6.45, 7) is 2.06. The predicted molar refractivity (Wildman–Crippen MR) is 62.3 cm³/mol. The van der Waals surface area contributed by atoms with Crippen molar-refractivity contribution in [1.82, 2.24) is 4.31 Å². The highest BCUT2D eigenvalue weighted by atomic mass is 32.2. The summed E-state index contributed by atoms with van der Waals surface area (Å²) in [6, 6.07) is 0. The number of nitrogens with zero attached hydrogens (tertiary/aromatic N) is 1. The van der Waals surface area contributed by atoms with Crippen LogP contribution in [-0.4, -0.2) is 21.9 Å². The first kappa shape index (κ1) is 10.4. The van der Waals surface area contributed by atoms with Gasteiger partial charge in [-0.05, 0) is 36.6 Å². The van der Waals surface area contributed by atoms with Crippen LogP contribution < -0.4 is 0 Å². The van der Waals surface area contributed by atoms with E-state index in [1.165, 1.54) is 16.3 Å². The van der Waals surface area contributed by atoms with Crippen LogP contribution in [0.3, 0.4) is 0 Å². The number of hydrogen-bond donors (Lipinski definition) is 0. The average molecular weight is 237 g/mol. The number of hydrogen-bond acceptors (Lipinski definition) is 3. The molecule has 2 fully saturated rings. The first-order valence-corrected chi connectivity index (χ1v) is 6.87. The van der Waals surface area contributed by atoms with E-state index in [4.69, 9.17) is 0 Å². The van der Waals surface area contributed by atoms with Gasteiger partial charge in [-0.15, -0.1) is 0 Å². The zero-order chi connectivity index (χ0) is 11.3. The second-order valence-corrected chi connectivity index (χ2v) is 5.84. The molecule has 4 atom stereocenters. The standard InChI is InChI=1S/C12H15NO2S/c1-2-5-16-13-11(14)9-7-3-4-8(6-7)10(9)12(13)15/h3-4,7-10H,2,5-6H2,1H3. The van der Waals surface area contributed by atoms with E-state index < -0.39 is 0 Å². The third-order valence-corrected chi connectivity index (χ3v) is 5.06. The summed E-state index contributed by atoms with van der Waals surface area (Å²) in [7, 11) is 0. The van der Waals surface area contributed by atoms with Gasteiger partial charge in [0, 0.05) is 5.75 Å². The molecule has 1 saturated heterocycles. The van der Waals surface area contributed by atoms with E-state index in [-0.39, 0.29) is 23.7 Å². The van der Waals surface area contributed by atoms with Crippen molar-refractivity contribution in [3.63, 3.8) is 0 Å². The molecule has 0 aromatic rings. The van der Waals surface area contributed by atoms with Crippen LogP contribution >= 0.6 is 11.9 Å². The van der Waals surface area contributed by atoms with Crippen LogP contribution in [-0.2, 0) is 9.59 Å². The summed E-state index contributed by atoms with van der Waals surface area (Å²) in [5.41, 5.74) is 0. The van der Waals surface area contributed by atoms with E-state index in [9.17, 15) is 9.59 Å². The molecule has 3 nitrogen and oxygen atoms in total. The van der Waals surface area contributed by atoms with Crippen molar-refractivity contribution in [2.24, 2.45) is 23.7 Å². The molecular formula is C12H15NO2S. The Labute approximate surface area is 99.4 Å². The third kappa shape index (κ3) is 1.22. The average Bonchev–Trinajstić information content (AvgIpc) is 2.92. The van der Waals surface area contributed by atoms with Gasteiger partial charge in [0.2, 0.25) is 11.8 Å². The number of fused-ring (bicyclic) bond motifs is 5. The number of imide groups is 1. The van der Waals surface area contributed by atoms with E-state index in [2.05, 4.69) is 19.1 Å². The first-order chi connectivity index (χ1) is 7.74. The van der Waals surface area contributed by atoms with Crippen LogP contribution in [0.2, 0.25) is 0 Å². The molecule has 4 heteroatoms. The fourth-order valence-corrected chi connectivity index (χ4v) is 4.05. The number of carbonyl (C=O) groups excluding carboxylic acids is 2. The van der Waals surface area contributed by atoms with Crippen LogP contribution in [0, 0.1) is 23.7 Å². The normalized spacial score (nSPS) is 39.9. The van der Waals surface area contributed by atoms with Crippen molar-refractivity contribution < 1.29 is 9.59 Å². The molecular weight excluding hydrogens is 222 g/mol. The number of rotatable bonds is 3. The second kappa shape index (κ2) is 3.62. The number of amides is 2. The van der Waals surface area contributed by atoms with E-state index in [1.54, 1.807) is 0 Å². The minimum atomic E-state index is -0.0353. The SMILES string of the molecule is CCCSN1C(=O)C2C3C=CC(C3)C2C1=O. The summed E-state index contributed by atoms with van der Waals surface area (Å²) in [4.78, 5) is 24.3. The Morgan fingerprint density at radius 3 is 2.31 bits per heavy atom. The molecule has 1 aliphatic heterocycles. The van der Waals surface area contributed by atoms with Gasteiger partial charge in [-0.25, -0.2) is 4.31 Å². The maximum atomic E-state index is 12.1. The molecule has 86 valence electrons. The molecule has 3 aliphatic rings. The molecule has 0 radical (unpaired) electrons. The monoisotopic (exact) mass is 237 g/mol. The topological polar surface area (TPSA) is 37.4 Å². The molecule has 4 unspecified atom stereocenters. The number of allylic oxidation sites excluding steroid dienone is 2. The molecule has 0 aromatic carbocycles. The molecule has 2 bridgehead atoms. The molecule has 3 rings (SSSR count). The van der Waals surface area contributed by atoms with Crippen LogP contribution in [0.4, 0.5) is 0 Å². The predicted octanol–water partition coefficient (Wildman–Crippen LogP) is 1.85. The lowest BCUT2D eigenvalue weighted by molar-refractivity contribution is -0.134. The lowest BCUT2D eigenvalue weighted by Crippen LogP contribution is -2.26. The molecule has 2 aliphatic carbocycles. The van der Waals surface area contributed by atoms with Gasteiger partial charge in [-0.3, -0.25) is 9.59 Å². The summed E-state index contributed by atoms with van der Waals surface area (Å²) >= 11 is 1.40. The zero-order valence-corrected chi connectivity index (χ0v) is 10.1. The van der Waals surface area contributed by atoms with Crippen molar-refractivity contribution >= 4 is 23.8 Å². The van der Waals surface area contributed by atoms with Gasteiger partial charge >= 0.3 is 0 Å². The molecule has 0 spiro atoms. The lowest BCUT2D eigenvalue weighted by atomic mass is 9.85. The highest BCUT2D eigenvalue weighted by Gasteiger charge is 2.59. The van der Waals surface area contributed by atoms with E-state index in [1.807, 2.05) is 0 Å². The Morgan fingerprint density at radius 2 is 1.81 bits per heavy atom. The van der Waals surface area contributed by atoms with Crippen LogP contribution in [0.25, 0.3) is 0 Å². The summed E-state index contributed by atoms with van der Waals surface area (Å²) in [6.07, 6.45) is 6.26. The zero-order valence-electron chi connectivity index (χ0n) is 9.26. The van der Waals surface area contributed by atoms with Crippen molar-refractivity contribution in [3.8, 4) is 0 Å². The van der Waals surface area contributed by atoms with Crippen LogP contribution in [0.5, 0.6) is 0 Å². The smallest absolute Gasteiger partial charge is 0.243 e. The summed E-state index contributed by atoms with van der Waals surface area (Å²) in [5.74, 6) is 1.56. The van der Waals surface area contributed by atoms with Gasteiger partial charge in [-0.1, -0.05) is 19.1 Å². The Balaban J connectivity index is 1.83. The van der Waals surface area contributed by atoms with Crippen LogP contribution in [0.1, 0.15) is 19.8 Å². The first-order valence-electron chi connectivity index (χ1n) is 5.93. The Morgan fingerprint density at radius 1 is 1.25 bits per heavy atom. The molecule has 2 amide bonds. The van der Waals surface area contributed by atoms with Gasteiger partial charge in [0.05, 0.1) is 11.8 Å². The largest absolute Gasteiger partial charge is 0.273 e. The Bertz CT molecular complexity index is 349. The maximum Gasteiger partial charge on any atom is 0.243 e. The van der Waals surface area contributed by atoms with Gasteiger partial charge < -0.3 is 0 Å². The van der Waals surface area contributed by atoms with Crippen LogP contribution in [0.15, 0.2) is 12.2 Å². The second-order valence-electron chi connectivity index (χ2n) is 4.80. The summed E-state index contributed by atoms with van der Waals surface area (Å²) < 4.78 is 1.44. The van der Waals surface area contributed by atoms with Gasteiger partial charge in [-0.2, -0.15) is 0 Å². The summed E-state index contributed by atoms with van der Waals surface area (Å²) in [5, 5.41) is 0. The lowest BCUT2D eigenvalue weighted by Gasteiger charge is -2.14. The quantitative estimate of drug-likeness (QED) is 0.427.